The third-order valence-electron chi connectivity index (χ3n) is 7.14. The molecule has 1 aromatic carbocycles. The summed E-state index contributed by atoms with van der Waals surface area (Å²) in [5.41, 5.74) is 2.27. The van der Waals surface area contributed by atoms with E-state index < -0.39 is 5.60 Å². The van der Waals surface area contributed by atoms with E-state index in [0.717, 1.165) is 30.4 Å². The van der Waals surface area contributed by atoms with Crippen molar-refractivity contribution in [3.05, 3.63) is 53.9 Å². The summed E-state index contributed by atoms with van der Waals surface area (Å²) in [5, 5.41) is 13.0. The highest BCUT2D eigenvalue weighted by Crippen LogP contribution is 2.35. The second-order valence-electron chi connectivity index (χ2n) is 11.4. The van der Waals surface area contributed by atoms with Crippen LogP contribution in [-0.4, -0.2) is 71.1 Å². The number of benzene rings is 1. The Morgan fingerprint density at radius 3 is 2.64 bits per heavy atom. The van der Waals surface area contributed by atoms with Crippen molar-refractivity contribution in [1.82, 2.24) is 19.9 Å². The van der Waals surface area contributed by atoms with Gasteiger partial charge < -0.3 is 29.2 Å². The van der Waals surface area contributed by atoms with E-state index in [0.29, 0.717) is 60.8 Å². The fourth-order valence-corrected chi connectivity index (χ4v) is 5.07. The standard InChI is InChI=1S/C31H36N6O5/c1-31(2,3)42-30(38)37-12-9-21(18-37)24-6-8-27(36-29(24)39-4)35-28-16-25(33-19-34-28)20-5-7-26(22(15-20)17-32)41-23-10-13-40-14-11-23/h5-8,15-16,19,21,23H,9-14,18H2,1-4H3,(H,33,34,35,36)/t21-/m1/s1. The Hall–Kier alpha value is -4.43. The molecule has 11 heteroatoms. The molecule has 2 saturated heterocycles. The van der Waals surface area contributed by atoms with E-state index in [1.54, 1.807) is 24.1 Å². The van der Waals surface area contributed by atoms with E-state index in [9.17, 15) is 10.1 Å². The fraction of sp³-hybridized carbons (Fsp3) is 0.452. The number of amides is 1. The summed E-state index contributed by atoms with van der Waals surface area (Å²) in [6.07, 6.45) is 3.60. The summed E-state index contributed by atoms with van der Waals surface area (Å²) in [6, 6.07) is 13.4. The topological polar surface area (TPSA) is 132 Å². The lowest BCUT2D eigenvalue weighted by Gasteiger charge is -2.24. The maximum Gasteiger partial charge on any atom is 0.410 e. The summed E-state index contributed by atoms with van der Waals surface area (Å²) in [5.74, 6) is 2.24. The smallest absolute Gasteiger partial charge is 0.410 e. The van der Waals surface area contributed by atoms with Crippen molar-refractivity contribution in [1.29, 1.82) is 5.26 Å². The highest BCUT2D eigenvalue weighted by atomic mass is 16.6. The molecule has 3 aromatic rings. The second-order valence-corrected chi connectivity index (χ2v) is 11.4. The number of hydrogen-bond acceptors (Lipinski definition) is 10. The van der Waals surface area contributed by atoms with Gasteiger partial charge >= 0.3 is 6.09 Å². The van der Waals surface area contributed by atoms with Gasteiger partial charge in [0.25, 0.3) is 0 Å². The molecular weight excluding hydrogens is 536 g/mol. The number of carbonyl (C=O) groups is 1. The number of rotatable bonds is 7. The Kier molecular flexibility index (Phi) is 8.73. The maximum absolute atomic E-state index is 12.5. The van der Waals surface area contributed by atoms with Crippen molar-refractivity contribution < 1.29 is 23.7 Å². The molecule has 2 aliphatic heterocycles. The predicted molar refractivity (Wildman–Crippen MR) is 156 cm³/mol. The number of carbonyl (C=O) groups excluding carboxylic acids is 1. The fourth-order valence-electron chi connectivity index (χ4n) is 5.07. The zero-order chi connectivity index (χ0) is 29.7. The van der Waals surface area contributed by atoms with E-state index in [4.69, 9.17) is 18.9 Å². The van der Waals surface area contributed by atoms with Gasteiger partial charge in [-0.1, -0.05) is 0 Å². The van der Waals surface area contributed by atoms with Gasteiger partial charge in [0.2, 0.25) is 5.88 Å². The molecular formula is C31H36N6O5. The molecule has 1 atom stereocenters. The Bertz CT molecular complexity index is 1460. The molecule has 5 rings (SSSR count). The van der Waals surface area contributed by atoms with Gasteiger partial charge in [-0.2, -0.15) is 10.2 Å². The number of methoxy groups -OCH3 is 1. The Balaban J connectivity index is 1.28. The van der Waals surface area contributed by atoms with Crippen LogP contribution in [0.5, 0.6) is 11.6 Å². The first-order valence-corrected chi connectivity index (χ1v) is 14.1. The van der Waals surface area contributed by atoms with Gasteiger partial charge in [-0.25, -0.2) is 14.8 Å². The number of anilines is 2. The molecule has 0 spiro atoms. The molecule has 2 fully saturated rings. The number of nitrogens with zero attached hydrogens (tertiary/aromatic N) is 5. The monoisotopic (exact) mass is 572 g/mol. The van der Waals surface area contributed by atoms with Gasteiger partial charge in [0, 0.05) is 49.0 Å². The van der Waals surface area contributed by atoms with Crippen LogP contribution < -0.4 is 14.8 Å². The molecule has 0 unspecified atom stereocenters. The molecule has 2 aliphatic rings. The number of nitriles is 1. The van der Waals surface area contributed by atoms with Crippen molar-refractivity contribution in [3.8, 4) is 29.0 Å². The number of ether oxygens (including phenoxy) is 4. The Morgan fingerprint density at radius 2 is 1.90 bits per heavy atom. The Morgan fingerprint density at radius 1 is 1.10 bits per heavy atom. The Labute approximate surface area is 245 Å². The van der Waals surface area contributed by atoms with E-state index in [1.807, 2.05) is 45.0 Å². The van der Waals surface area contributed by atoms with E-state index in [1.165, 1.54) is 6.33 Å². The van der Waals surface area contributed by atoms with Crippen molar-refractivity contribution in [3.63, 3.8) is 0 Å². The summed E-state index contributed by atoms with van der Waals surface area (Å²) in [4.78, 5) is 27.7. The van der Waals surface area contributed by atoms with Gasteiger partial charge in [0.15, 0.2) is 0 Å². The van der Waals surface area contributed by atoms with E-state index in [2.05, 4.69) is 26.3 Å². The van der Waals surface area contributed by atoms with Gasteiger partial charge in [-0.3, -0.25) is 0 Å². The number of pyridine rings is 1. The van der Waals surface area contributed by atoms with Gasteiger partial charge in [0.1, 0.15) is 41.5 Å². The third-order valence-corrected chi connectivity index (χ3v) is 7.14. The summed E-state index contributed by atoms with van der Waals surface area (Å²) >= 11 is 0. The second kappa shape index (κ2) is 12.6. The highest BCUT2D eigenvalue weighted by Gasteiger charge is 2.32. The molecule has 42 heavy (non-hydrogen) atoms. The molecule has 0 aliphatic carbocycles. The van der Waals surface area contributed by atoms with Crippen LogP contribution in [0.1, 0.15) is 57.1 Å². The average Bonchev–Trinajstić information content (AvgIpc) is 3.48. The normalized spacial score (nSPS) is 17.4. The van der Waals surface area contributed by atoms with Crippen LogP contribution >= 0.6 is 0 Å². The largest absolute Gasteiger partial charge is 0.489 e. The van der Waals surface area contributed by atoms with Crippen LogP contribution in [0.15, 0.2) is 42.7 Å². The molecule has 2 aromatic heterocycles. The van der Waals surface area contributed by atoms with Crippen LogP contribution in [0.25, 0.3) is 11.3 Å². The minimum absolute atomic E-state index is 0.0417. The van der Waals surface area contributed by atoms with Crippen LogP contribution in [0.3, 0.4) is 0 Å². The predicted octanol–water partition coefficient (Wildman–Crippen LogP) is 5.44. The number of hydrogen-bond donors (Lipinski definition) is 1. The summed E-state index contributed by atoms with van der Waals surface area (Å²) in [6.45, 7) is 8.07. The SMILES string of the molecule is COc1nc(Nc2cc(-c3ccc(OC4CCOCC4)c(C#N)c3)ncn2)ccc1[C@@H]1CCN(C(=O)OC(C)(C)C)C1. The lowest BCUT2D eigenvalue weighted by molar-refractivity contribution is 0.0254. The lowest BCUT2D eigenvalue weighted by atomic mass is 9.99. The maximum atomic E-state index is 12.5. The molecule has 0 saturated carbocycles. The quantitative estimate of drug-likeness (QED) is 0.390. The van der Waals surface area contributed by atoms with Crippen molar-refractivity contribution in [2.45, 2.75) is 57.7 Å². The zero-order valence-corrected chi connectivity index (χ0v) is 24.4. The van der Waals surface area contributed by atoms with Gasteiger partial charge in [-0.05, 0) is 57.5 Å². The van der Waals surface area contributed by atoms with Crippen LogP contribution in [0.2, 0.25) is 0 Å². The molecule has 1 amide bonds. The molecule has 11 nitrogen and oxygen atoms in total. The van der Waals surface area contributed by atoms with Crippen LogP contribution in [-0.2, 0) is 9.47 Å². The molecule has 0 radical (unpaired) electrons. The number of nitrogens with one attached hydrogen (secondary N) is 1. The minimum Gasteiger partial charge on any atom is -0.489 e. The van der Waals surface area contributed by atoms with E-state index >= 15 is 0 Å². The number of aromatic nitrogens is 3. The summed E-state index contributed by atoms with van der Waals surface area (Å²) in [7, 11) is 1.58. The zero-order valence-electron chi connectivity index (χ0n) is 24.4. The van der Waals surface area contributed by atoms with Crippen molar-refractivity contribution in [2.75, 3.05) is 38.7 Å². The average molecular weight is 573 g/mol. The van der Waals surface area contributed by atoms with Crippen LogP contribution in [0.4, 0.5) is 16.4 Å². The van der Waals surface area contributed by atoms with Crippen molar-refractivity contribution >= 4 is 17.7 Å². The number of likely N-dealkylation sites (tertiary alicyclic amines) is 1. The lowest BCUT2D eigenvalue weighted by Crippen LogP contribution is -2.35. The van der Waals surface area contributed by atoms with Gasteiger partial charge in [-0.15, -0.1) is 0 Å². The first-order chi connectivity index (χ1) is 20.2. The first kappa shape index (κ1) is 29.1. The molecule has 220 valence electrons. The van der Waals surface area contributed by atoms with E-state index in [-0.39, 0.29) is 18.1 Å². The molecule has 4 heterocycles. The van der Waals surface area contributed by atoms with Crippen molar-refractivity contribution in [2.24, 2.45) is 0 Å². The third kappa shape index (κ3) is 7.06. The molecule has 1 N–H and O–H groups in total. The minimum atomic E-state index is -0.539. The highest BCUT2D eigenvalue weighted by molar-refractivity contribution is 5.69. The van der Waals surface area contributed by atoms with Gasteiger partial charge in [0.05, 0.1) is 31.6 Å². The first-order valence-electron chi connectivity index (χ1n) is 14.1. The van der Waals surface area contributed by atoms with Crippen LogP contribution in [0, 0.1) is 11.3 Å². The summed E-state index contributed by atoms with van der Waals surface area (Å²) < 4.78 is 22.6. The molecule has 0 bridgehead atoms.